The number of benzene rings is 2. The van der Waals surface area contributed by atoms with Crippen LogP contribution in [0.25, 0.3) is 0 Å². The summed E-state index contributed by atoms with van der Waals surface area (Å²) in [6, 6.07) is 20.9. The summed E-state index contributed by atoms with van der Waals surface area (Å²) in [5, 5.41) is 9.17. The maximum Gasteiger partial charge on any atom is 0.0991 e. The van der Waals surface area contributed by atoms with Gasteiger partial charge in [-0.15, -0.1) is 0 Å². The standard InChI is InChI=1S/C23H29N3/c24-14-19-9-11-21(12-10-19)17-26(16-20-5-2-1-3-6-20)18-23-8-4-7-22(13-23)15-25/h1-8,13,19,21H,9-12,14,16-18,24H2. The first kappa shape index (κ1) is 18.6. The summed E-state index contributed by atoms with van der Waals surface area (Å²) < 4.78 is 0. The fourth-order valence-corrected chi connectivity index (χ4v) is 4.04. The minimum Gasteiger partial charge on any atom is -0.330 e. The molecular weight excluding hydrogens is 318 g/mol. The Morgan fingerprint density at radius 3 is 2.23 bits per heavy atom. The summed E-state index contributed by atoms with van der Waals surface area (Å²) in [6.45, 7) is 3.79. The number of rotatable bonds is 7. The largest absolute Gasteiger partial charge is 0.330 e. The zero-order chi connectivity index (χ0) is 18.2. The van der Waals surface area contributed by atoms with Gasteiger partial charge < -0.3 is 5.73 Å². The van der Waals surface area contributed by atoms with E-state index in [1.807, 2.05) is 18.2 Å². The van der Waals surface area contributed by atoms with E-state index in [9.17, 15) is 0 Å². The minimum atomic E-state index is 0.723. The molecule has 2 N–H and O–H groups in total. The van der Waals surface area contributed by atoms with E-state index in [0.717, 1.165) is 43.6 Å². The second kappa shape index (κ2) is 9.52. The van der Waals surface area contributed by atoms with E-state index in [4.69, 9.17) is 11.0 Å². The highest BCUT2D eigenvalue weighted by Crippen LogP contribution is 2.29. The molecule has 0 spiro atoms. The molecule has 0 bridgehead atoms. The van der Waals surface area contributed by atoms with E-state index in [0.29, 0.717) is 0 Å². The molecule has 0 unspecified atom stereocenters. The first-order valence-corrected chi connectivity index (χ1v) is 9.72. The molecule has 136 valence electrons. The minimum absolute atomic E-state index is 0.723. The summed E-state index contributed by atoms with van der Waals surface area (Å²) in [5.74, 6) is 1.47. The van der Waals surface area contributed by atoms with Crippen LogP contribution >= 0.6 is 0 Å². The van der Waals surface area contributed by atoms with Crippen LogP contribution in [0.2, 0.25) is 0 Å². The van der Waals surface area contributed by atoms with E-state index in [2.05, 4.69) is 47.4 Å². The average Bonchev–Trinajstić information content (AvgIpc) is 2.69. The molecule has 1 aliphatic rings. The quantitative estimate of drug-likeness (QED) is 0.811. The van der Waals surface area contributed by atoms with E-state index in [-0.39, 0.29) is 0 Å². The van der Waals surface area contributed by atoms with Crippen molar-refractivity contribution >= 4 is 0 Å². The molecule has 0 saturated heterocycles. The van der Waals surface area contributed by atoms with Gasteiger partial charge in [-0.05, 0) is 67.3 Å². The van der Waals surface area contributed by atoms with E-state index in [1.54, 1.807) is 0 Å². The van der Waals surface area contributed by atoms with Gasteiger partial charge in [0.25, 0.3) is 0 Å². The highest BCUT2D eigenvalue weighted by molar-refractivity contribution is 5.32. The second-order valence-electron chi connectivity index (χ2n) is 7.59. The van der Waals surface area contributed by atoms with Crippen molar-refractivity contribution in [2.75, 3.05) is 13.1 Å². The molecule has 0 aromatic heterocycles. The summed E-state index contributed by atoms with van der Waals surface area (Å²) in [7, 11) is 0. The van der Waals surface area contributed by atoms with Crippen molar-refractivity contribution in [1.82, 2.24) is 4.90 Å². The lowest BCUT2D eigenvalue weighted by Crippen LogP contribution is -2.32. The van der Waals surface area contributed by atoms with Crippen molar-refractivity contribution in [2.24, 2.45) is 17.6 Å². The average molecular weight is 348 g/mol. The lowest BCUT2D eigenvalue weighted by atomic mass is 9.82. The van der Waals surface area contributed by atoms with Gasteiger partial charge >= 0.3 is 0 Å². The topological polar surface area (TPSA) is 53.0 Å². The zero-order valence-electron chi connectivity index (χ0n) is 15.5. The van der Waals surface area contributed by atoms with Crippen LogP contribution < -0.4 is 5.73 Å². The van der Waals surface area contributed by atoms with Gasteiger partial charge in [0.15, 0.2) is 0 Å². The number of hydrogen-bond donors (Lipinski definition) is 1. The number of hydrogen-bond acceptors (Lipinski definition) is 3. The SMILES string of the molecule is N#Cc1cccc(CN(Cc2ccccc2)CC2CCC(CN)CC2)c1. The summed E-state index contributed by atoms with van der Waals surface area (Å²) >= 11 is 0. The first-order chi connectivity index (χ1) is 12.8. The van der Waals surface area contributed by atoms with Gasteiger partial charge in [0.2, 0.25) is 0 Å². The maximum atomic E-state index is 9.17. The first-order valence-electron chi connectivity index (χ1n) is 9.72. The van der Waals surface area contributed by atoms with Crippen molar-refractivity contribution in [3.8, 4) is 6.07 Å². The van der Waals surface area contributed by atoms with Gasteiger partial charge in [-0.25, -0.2) is 0 Å². The molecule has 1 saturated carbocycles. The Kier molecular flexibility index (Phi) is 6.82. The number of nitrogens with two attached hydrogens (primary N) is 1. The Labute approximate surface area is 157 Å². The van der Waals surface area contributed by atoms with Gasteiger partial charge in [-0.3, -0.25) is 4.90 Å². The molecule has 3 rings (SSSR count). The summed E-state index contributed by atoms with van der Waals surface area (Å²) in [4.78, 5) is 2.54. The Balaban J connectivity index is 1.68. The van der Waals surface area contributed by atoms with E-state index < -0.39 is 0 Å². The molecule has 3 nitrogen and oxygen atoms in total. The van der Waals surface area contributed by atoms with Crippen LogP contribution in [0.15, 0.2) is 54.6 Å². The van der Waals surface area contributed by atoms with Gasteiger partial charge in [-0.2, -0.15) is 5.26 Å². The van der Waals surface area contributed by atoms with Crippen molar-refractivity contribution in [3.63, 3.8) is 0 Å². The van der Waals surface area contributed by atoms with Crippen LogP contribution in [0.3, 0.4) is 0 Å². The third kappa shape index (κ3) is 5.42. The van der Waals surface area contributed by atoms with Crippen LogP contribution in [0, 0.1) is 23.2 Å². The molecule has 0 atom stereocenters. The number of nitrogens with zero attached hydrogens (tertiary/aromatic N) is 2. The third-order valence-electron chi connectivity index (χ3n) is 5.53. The van der Waals surface area contributed by atoms with E-state index >= 15 is 0 Å². The van der Waals surface area contributed by atoms with Gasteiger partial charge in [0.05, 0.1) is 11.6 Å². The highest BCUT2D eigenvalue weighted by atomic mass is 15.1. The fourth-order valence-electron chi connectivity index (χ4n) is 4.04. The molecule has 2 aromatic carbocycles. The molecule has 3 heteroatoms. The predicted octanol–water partition coefficient (Wildman–Crippen LogP) is 4.33. The number of nitriles is 1. The normalized spacial score (nSPS) is 20.0. The summed E-state index contributed by atoms with van der Waals surface area (Å²) in [5.41, 5.74) is 9.15. The molecule has 0 amide bonds. The monoisotopic (exact) mass is 347 g/mol. The second-order valence-corrected chi connectivity index (χ2v) is 7.59. The Morgan fingerprint density at radius 1 is 0.885 bits per heavy atom. The smallest absolute Gasteiger partial charge is 0.0991 e. The fraction of sp³-hybridized carbons (Fsp3) is 0.435. The summed E-state index contributed by atoms with van der Waals surface area (Å²) in [6.07, 6.45) is 5.10. The maximum absolute atomic E-state index is 9.17. The zero-order valence-corrected chi connectivity index (χ0v) is 15.5. The molecule has 0 heterocycles. The Morgan fingerprint density at radius 2 is 1.54 bits per heavy atom. The lowest BCUT2D eigenvalue weighted by molar-refractivity contribution is 0.170. The molecule has 2 aromatic rings. The van der Waals surface area contributed by atoms with Crippen molar-refractivity contribution in [1.29, 1.82) is 5.26 Å². The third-order valence-corrected chi connectivity index (χ3v) is 5.53. The molecule has 26 heavy (non-hydrogen) atoms. The van der Waals surface area contributed by atoms with Crippen molar-refractivity contribution in [3.05, 3.63) is 71.3 Å². The van der Waals surface area contributed by atoms with E-state index in [1.165, 1.54) is 36.8 Å². The van der Waals surface area contributed by atoms with Crippen LogP contribution in [0.1, 0.15) is 42.4 Å². The van der Waals surface area contributed by atoms with Crippen molar-refractivity contribution in [2.45, 2.75) is 38.8 Å². The highest BCUT2D eigenvalue weighted by Gasteiger charge is 2.22. The molecule has 0 radical (unpaired) electrons. The van der Waals surface area contributed by atoms with Gasteiger partial charge in [0.1, 0.15) is 0 Å². The van der Waals surface area contributed by atoms with Gasteiger partial charge in [-0.1, -0.05) is 42.5 Å². The van der Waals surface area contributed by atoms with Crippen LogP contribution in [0.4, 0.5) is 0 Å². The van der Waals surface area contributed by atoms with Crippen LogP contribution in [-0.2, 0) is 13.1 Å². The van der Waals surface area contributed by atoms with Crippen LogP contribution in [0.5, 0.6) is 0 Å². The predicted molar refractivity (Wildman–Crippen MR) is 106 cm³/mol. The Hall–Kier alpha value is -2.15. The lowest BCUT2D eigenvalue weighted by Gasteiger charge is -2.32. The molecular formula is C23H29N3. The van der Waals surface area contributed by atoms with Crippen molar-refractivity contribution < 1.29 is 0 Å². The van der Waals surface area contributed by atoms with Crippen LogP contribution in [-0.4, -0.2) is 18.0 Å². The molecule has 1 fully saturated rings. The van der Waals surface area contributed by atoms with Gasteiger partial charge in [0, 0.05) is 19.6 Å². The molecule has 0 aliphatic heterocycles. The Bertz CT molecular complexity index is 712. The molecule has 1 aliphatic carbocycles.